The van der Waals surface area contributed by atoms with Crippen LogP contribution in [0.4, 0.5) is 0 Å². The maximum absolute atomic E-state index is 11.9. The number of carbonyl (C=O) groups is 1. The fourth-order valence-corrected chi connectivity index (χ4v) is 2.02. The molecule has 1 rings (SSSR count). The first-order chi connectivity index (χ1) is 7.29. The lowest BCUT2D eigenvalue weighted by molar-refractivity contribution is -0.135. The molecule has 1 saturated carbocycles. The lowest BCUT2D eigenvalue weighted by atomic mass is 9.91. The number of hydrogen-bond donors (Lipinski definition) is 1. The van der Waals surface area contributed by atoms with Crippen LogP contribution in [0.15, 0.2) is 0 Å². The molecule has 0 aromatic rings. The third-order valence-corrected chi connectivity index (χ3v) is 3.20. The second-order valence-electron chi connectivity index (χ2n) is 4.42. The molecular formula is C12H24N2O. The van der Waals surface area contributed by atoms with E-state index in [1.165, 1.54) is 25.7 Å². The van der Waals surface area contributed by atoms with Crippen molar-refractivity contribution in [3.05, 3.63) is 0 Å². The minimum absolute atomic E-state index is 0.318. The second kappa shape index (κ2) is 6.83. The number of carbonyl (C=O) groups excluding carboxylic acids is 1. The van der Waals surface area contributed by atoms with Crippen molar-refractivity contribution < 1.29 is 4.79 Å². The van der Waals surface area contributed by atoms with Crippen molar-refractivity contribution >= 4 is 5.91 Å². The summed E-state index contributed by atoms with van der Waals surface area (Å²) in [7, 11) is 0. The van der Waals surface area contributed by atoms with Crippen molar-refractivity contribution in [3.63, 3.8) is 0 Å². The molecule has 0 saturated heterocycles. The van der Waals surface area contributed by atoms with Crippen LogP contribution in [0.3, 0.4) is 0 Å². The van der Waals surface area contributed by atoms with Gasteiger partial charge in [0.25, 0.3) is 0 Å². The molecule has 0 aliphatic heterocycles. The van der Waals surface area contributed by atoms with Gasteiger partial charge < -0.3 is 10.6 Å². The Morgan fingerprint density at radius 1 is 1.40 bits per heavy atom. The van der Waals surface area contributed by atoms with Gasteiger partial charge in [0.05, 0.1) is 0 Å². The van der Waals surface area contributed by atoms with Gasteiger partial charge in [-0.05, 0) is 25.7 Å². The molecule has 1 aliphatic rings. The minimum atomic E-state index is 0.318. The first-order valence-electron chi connectivity index (χ1n) is 6.29. The van der Waals surface area contributed by atoms with Gasteiger partial charge in [0, 0.05) is 25.6 Å². The molecule has 0 aromatic heterocycles. The average molecular weight is 212 g/mol. The van der Waals surface area contributed by atoms with E-state index in [0.717, 1.165) is 19.4 Å². The Hall–Kier alpha value is -0.570. The summed E-state index contributed by atoms with van der Waals surface area (Å²) in [4.78, 5) is 13.9. The van der Waals surface area contributed by atoms with Crippen LogP contribution in [0, 0.1) is 0 Å². The Morgan fingerprint density at radius 3 is 2.60 bits per heavy atom. The first kappa shape index (κ1) is 12.5. The number of unbranched alkanes of at least 4 members (excludes halogenated alkanes) is 2. The fraction of sp³-hybridized carbons (Fsp3) is 0.917. The molecule has 0 radical (unpaired) electrons. The van der Waals surface area contributed by atoms with E-state index in [0.29, 0.717) is 24.9 Å². The lowest BCUT2D eigenvalue weighted by Gasteiger charge is -2.37. The fourth-order valence-electron chi connectivity index (χ4n) is 2.02. The van der Waals surface area contributed by atoms with Crippen LogP contribution >= 0.6 is 0 Å². The average Bonchev–Trinajstić information content (AvgIpc) is 2.14. The van der Waals surface area contributed by atoms with Gasteiger partial charge >= 0.3 is 0 Å². The summed E-state index contributed by atoms with van der Waals surface area (Å²) in [6, 6.07) is 0.502. The van der Waals surface area contributed by atoms with E-state index in [1.54, 1.807) is 0 Å². The highest BCUT2D eigenvalue weighted by Gasteiger charge is 2.27. The van der Waals surface area contributed by atoms with E-state index < -0.39 is 0 Å². The van der Waals surface area contributed by atoms with Crippen molar-refractivity contribution in [1.82, 2.24) is 4.90 Å². The zero-order valence-corrected chi connectivity index (χ0v) is 9.87. The van der Waals surface area contributed by atoms with Crippen LogP contribution in [0.5, 0.6) is 0 Å². The van der Waals surface area contributed by atoms with Gasteiger partial charge in [-0.3, -0.25) is 4.79 Å². The molecule has 0 spiro atoms. The predicted molar refractivity (Wildman–Crippen MR) is 62.5 cm³/mol. The summed E-state index contributed by atoms with van der Waals surface area (Å²) in [6.07, 6.45) is 7.71. The van der Waals surface area contributed by atoms with Gasteiger partial charge in [0.1, 0.15) is 0 Å². The quantitative estimate of drug-likeness (QED) is 0.655. The highest BCUT2D eigenvalue weighted by Crippen LogP contribution is 2.25. The van der Waals surface area contributed by atoms with E-state index in [2.05, 4.69) is 6.92 Å². The molecular weight excluding hydrogens is 188 g/mol. The van der Waals surface area contributed by atoms with Gasteiger partial charge in [-0.15, -0.1) is 0 Å². The molecule has 0 unspecified atom stereocenters. The van der Waals surface area contributed by atoms with Crippen molar-refractivity contribution in [2.45, 2.75) is 57.9 Å². The molecule has 0 aromatic carbocycles. The molecule has 1 aliphatic carbocycles. The largest absolute Gasteiger partial charge is 0.338 e. The molecule has 0 heterocycles. The molecule has 1 fully saturated rings. The summed E-state index contributed by atoms with van der Waals surface area (Å²) >= 11 is 0. The standard InChI is InChI=1S/C12H24N2O/c1-2-3-4-8-12(15)14(10-9-13)11-6-5-7-11/h11H,2-10,13H2,1H3. The topological polar surface area (TPSA) is 46.3 Å². The van der Waals surface area contributed by atoms with Gasteiger partial charge in [-0.2, -0.15) is 0 Å². The summed E-state index contributed by atoms with van der Waals surface area (Å²) in [5.41, 5.74) is 5.54. The summed E-state index contributed by atoms with van der Waals surface area (Å²) in [5.74, 6) is 0.318. The van der Waals surface area contributed by atoms with E-state index >= 15 is 0 Å². The molecule has 0 atom stereocenters. The van der Waals surface area contributed by atoms with E-state index in [4.69, 9.17) is 5.73 Å². The Balaban J connectivity index is 2.29. The highest BCUT2D eigenvalue weighted by atomic mass is 16.2. The third kappa shape index (κ3) is 3.82. The summed E-state index contributed by atoms with van der Waals surface area (Å²) in [6.45, 7) is 3.50. The van der Waals surface area contributed by atoms with Gasteiger partial charge in [0.2, 0.25) is 5.91 Å². The first-order valence-corrected chi connectivity index (χ1v) is 6.29. The summed E-state index contributed by atoms with van der Waals surface area (Å²) < 4.78 is 0. The Morgan fingerprint density at radius 2 is 2.13 bits per heavy atom. The molecule has 1 amide bonds. The SMILES string of the molecule is CCCCCC(=O)N(CCN)C1CCC1. The van der Waals surface area contributed by atoms with E-state index in [9.17, 15) is 4.79 Å². The Bertz CT molecular complexity index is 190. The minimum Gasteiger partial charge on any atom is -0.338 e. The maximum Gasteiger partial charge on any atom is 0.222 e. The monoisotopic (exact) mass is 212 g/mol. The van der Waals surface area contributed by atoms with Crippen molar-refractivity contribution in [1.29, 1.82) is 0 Å². The molecule has 2 N–H and O–H groups in total. The van der Waals surface area contributed by atoms with Crippen LogP contribution in [0.25, 0.3) is 0 Å². The van der Waals surface area contributed by atoms with Gasteiger partial charge in [-0.1, -0.05) is 19.8 Å². The molecule has 3 heteroatoms. The van der Waals surface area contributed by atoms with Gasteiger partial charge in [0.15, 0.2) is 0 Å². The molecule has 88 valence electrons. The number of hydrogen-bond acceptors (Lipinski definition) is 2. The number of nitrogens with zero attached hydrogens (tertiary/aromatic N) is 1. The molecule has 15 heavy (non-hydrogen) atoms. The van der Waals surface area contributed by atoms with Crippen LogP contribution in [-0.2, 0) is 4.79 Å². The van der Waals surface area contributed by atoms with Crippen molar-refractivity contribution in [3.8, 4) is 0 Å². The predicted octanol–water partition coefficient (Wildman–Crippen LogP) is 1.91. The molecule has 0 bridgehead atoms. The van der Waals surface area contributed by atoms with Crippen LogP contribution in [0.1, 0.15) is 51.9 Å². The number of rotatable bonds is 7. The normalized spacial score (nSPS) is 16.1. The van der Waals surface area contributed by atoms with Crippen LogP contribution in [-0.4, -0.2) is 29.9 Å². The van der Waals surface area contributed by atoms with Crippen molar-refractivity contribution in [2.24, 2.45) is 5.73 Å². The third-order valence-electron chi connectivity index (χ3n) is 3.20. The summed E-state index contributed by atoms with van der Waals surface area (Å²) in [5, 5.41) is 0. The zero-order valence-electron chi connectivity index (χ0n) is 9.87. The lowest BCUT2D eigenvalue weighted by Crippen LogP contribution is -2.46. The van der Waals surface area contributed by atoms with Gasteiger partial charge in [-0.25, -0.2) is 0 Å². The van der Waals surface area contributed by atoms with Crippen molar-refractivity contribution in [2.75, 3.05) is 13.1 Å². The maximum atomic E-state index is 11.9. The Labute approximate surface area is 93.0 Å². The van der Waals surface area contributed by atoms with E-state index in [-0.39, 0.29) is 0 Å². The smallest absolute Gasteiger partial charge is 0.222 e. The second-order valence-corrected chi connectivity index (χ2v) is 4.42. The zero-order chi connectivity index (χ0) is 11.1. The molecule has 3 nitrogen and oxygen atoms in total. The van der Waals surface area contributed by atoms with Crippen LogP contribution < -0.4 is 5.73 Å². The van der Waals surface area contributed by atoms with Crippen LogP contribution in [0.2, 0.25) is 0 Å². The number of amides is 1. The number of nitrogens with two attached hydrogens (primary N) is 1. The van der Waals surface area contributed by atoms with E-state index in [1.807, 2.05) is 4.90 Å². The highest BCUT2D eigenvalue weighted by molar-refractivity contribution is 5.76. The Kier molecular flexibility index (Phi) is 5.69.